The summed E-state index contributed by atoms with van der Waals surface area (Å²) in [5.41, 5.74) is 2.13. The van der Waals surface area contributed by atoms with E-state index < -0.39 is 0 Å². The number of pyridine rings is 1. The zero-order chi connectivity index (χ0) is 9.54. The Balaban J connectivity index is 2.58. The van der Waals surface area contributed by atoms with E-state index in [1.54, 1.807) is 12.4 Å². The summed E-state index contributed by atoms with van der Waals surface area (Å²) in [6.07, 6.45) is 3.38. The lowest BCUT2D eigenvalue weighted by molar-refractivity contribution is 0.650. The highest BCUT2D eigenvalue weighted by molar-refractivity contribution is 6.00. The molecule has 68 valence electrons. The van der Waals surface area contributed by atoms with Gasteiger partial charge in [-0.05, 0) is 19.1 Å². The zero-order valence-electron chi connectivity index (χ0n) is 7.56. The molecule has 0 aliphatic carbocycles. The third-order valence-corrected chi connectivity index (χ3v) is 2.11. The minimum Gasteiger partial charge on any atom is -0.434 e. The van der Waals surface area contributed by atoms with E-state index in [4.69, 9.17) is 4.42 Å². The molecule has 14 heavy (non-hydrogen) atoms. The van der Waals surface area contributed by atoms with Gasteiger partial charge in [-0.25, -0.2) is 15.0 Å². The van der Waals surface area contributed by atoms with E-state index in [-0.39, 0.29) is 0 Å². The van der Waals surface area contributed by atoms with Gasteiger partial charge in [0.1, 0.15) is 11.3 Å². The van der Waals surface area contributed by atoms with Crippen LogP contribution in [-0.2, 0) is 0 Å². The normalized spacial score (nSPS) is 11.2. The van der Waals surface area contributed by atoms with Crippen molar-refractivity contribution in [3.05, 3.63) is 30.4 Å². The lowest BCUT2D eigenvalue weighted by Gasteiger charge is -1.89. The van der Waals surface area contributed by atoms with Crippen molar-refractivity contribution in [3.63, 3.8) is 0 Å². The summed E-state index contributed by atoms with van der Waals surface area (Å²) in [6.45, 7) is 1.86. The molecule has 0 amide bonds. The van der Waals surface area contributed by atoms with Gasteiger partial charge in [0.25, 0.3) is 0 Å². The Kier molecular flexibility index (Phi) is 1.33. The minimum atomic E-state index is 0.613. The van der Waals surface area contributed by atoms with Gasteiger partial charge in [-0.1, -0.05) is 0 Å². The first-order chi connectivity index (χ1) is 6.84. The van der Waals surface area contributed by atoms with Gasteiger partial charge in [0, 0.05) is 6.20 Å². The van der Waals surface area contributed by atoms with Crippen molar-refractivity contribution in [2.45, 2.75) is 6.92 Å². The molecular formula is C10H7N3O. The predicted molar refractivity (Wildman–Crippen MR) is 51.8 cm³/mol. The Morgan fingerprint density at radius 2 is 2.21 bits per heavy atom. The molecule has 4 nitrogen and oxygen atoms in total. The molecule has 0 radical (unpaired) electrons. The molecule has 3 aromatic heterocycles. The van der Waals surface area contributed by atoms with Crippen LogP contribution in [0.3, 0.4) is 0 Å². The Morgan fingerprint density at radius 1 is 1.29 bits per heavy atom. The van der Waals surface area contributed by atoms with Crippen LogP contribution < -0.4 is 0 Å². The number of rotatable bonds is 0. The molecule has 3 rings (SSSR count). The second-order valence-corrected chi connectivity index (χ2v) is 3.09. The third-order valence-electron chi connectivity index (χ3n) is 2.11. The maximum absolute atomic E-state index is 5.47. The summed E-state index contributed by atoms with van der Waals surface area (Å²) in [5.74, 6) is 0.740. The Hall–Kier alpha value is -1.97. The quantitative estimate of drug-likeness (QED) is 0.538. The molecule has 0 fully saturated rings. The lowest BCUT2D eigenvalue weighted by atomic mass is 10.3. The van der Waals surface area contributed by atoms with Crippen molar-refractivity contribution in [2.24, 2.45) is 0 Å². The second-order valence-electron chi connectivity index (χ2n) is 3.09. The number of fused-ring (bicyclic) bond motifs is 3. The topological polar surface area (TPSA) is 51.8 Å². The van der Waals surface area contributed by atoms with E-state index in [0.29, 0.717) is 11.3 Å². The first-order valence-corrected chi connectivity index (χ1v) is 4.31. The van der Waals surface area contributed by atoms with E-state index in [1.807, 2.05) is 19.1 Å². The fraction of sp³-hybridized carbons (Fsp3) is 0.100. The number of hydrogen-bond donors (Lipinski definition) is 0. The molecule has 0 unspecified atom stereocenters. The van der Waals surface area contributed by atoms with Gasteiger partial charge in [-0.3, -0.25) is 0 Å². The van der Waals surface area contributed by atoms with Gasteiger partial charge in [-0.2, -0.15) is 0 Å². The van der Waals surface area contributed by atoms with Crippen LogP contribution in [0.4, 0.5) is 0 Å². The van der Waals surface area contributed by atoms with E-state index in [9.17, 15) is 0 Å². The first-order valence-electron chi connectivity index (χ1n) is 4.31. The molecule has 0 N–H and O–H groups in total. The number of aromatic nitrogens is 3. The summed E-state index contributed by atoms with van der Waals surface area (Å²) in [7, 11) is 0. The number of aryl methyl sites for hydroxylation is 1. The van der Waals surface area contributed by atoms with Crippen LogP contribution in [0.5, 0.6) is 0 Å². The van der Waals surface area contributed by atoms with Crippen LogP contribution >= 0.6 is 0 Å². The van der Waals surface area contributed by atoms with Crippen LogP contribution in [0.1, 0.15) is 5.82 Å². The van der Waals surface area contributed by atoms with Crippen LogP contribution in [0.15, 0.2) is 28.9 Å². The maximum Gasteiger partial charge on any atom is 0.229 e. The van der Waals surface area contributed by atoms with Crippen molar-refractivity contribution in [1.29, 1.82) is 0 Å². The summed E-state index contributed by atoms with van der Waals surface area (Å²) in [4.78, 5) is 12.5. The molecular weight excluding hydrogens is 178 g/mol. The number of hydrogen-bond acceptors (Lipinski definition) is 4. The van der Waals surface area contributed by atoms with Crippen molar-refractivity contribution < 1.29 is 4.42 Å². The summed E-state index contributed by atoms with van der Waals surface area (Å²) >= 11 is 0. The van der Waals surface area contributed by atoms with Crippen LogP contribution in [0, 0.1) is 6.92 Å². The van der Waals surface area contributed by atoms with Gasteiger partial charge < -0.3 is 4.42 Å². The van der Waals surface area contributed by atoms with E-state index in [1.165, 1.54) is 0 Å². The maximum atomic E-state index is 5.47. The van der Waals surface area contributed by atoms with Crippen LogP contribution in [-0.4, -0.2) is 15.0 Å². The molecule has 0 atom stereocenters. The van der Waals surface area contributed by atoms with Crippen LogP contribution in [0.2, 0.25) is 0 Å². The summed E-state index contributed by atoms with van der Waals surface area (Å²) < 4.78 is 5.47. The van der Waals surface area contributed by atoms with Gasteiger partial charge in [0.2, 0.25) is 5.71 Å². The molecule has 4 heteroatoms. The average Bonchev–Trinajstić information content (AvgIpc) is 2.56. The minimum absolute atomic E-state index is 0.613. The molecule has 0 aromatic carbocycles. The van der Waals surface area contributed by atoms with E-state index in [2.05, 4.69) is 15.0 Å². The summed E-state index contributed by atoms with van der Waals surface area (Å²) in [6, 6.07) is 3.81. The molecule has 0 spiro atoms. The fourth-order valence-electron chi connectivity index (χ4n) is 1.48. The summed E-state index contributed by atoms with van der Waals surface area (Å²) in [5, 5.41) is 0.938. The molecule has 0 bridgehead atoms. The highest BCUT2D eigenvalue weighted by Gasteiger charge is 2.08. The van der Waals surface area contributed by atoms with Gasteiger partial charge in [-0.15, -0.1) is 0 Å². The molecule has 0 saturated carbocycles. The molecule has 3 aromatic rings. The molecule has 0 aliphatic heterocycles. The highest BCUT2D eigenvalue weighted by atomic mass is 16.3. The van der Waals surface area contributed by atoms with Gasteiger partial charge in [0.05, 0.1) is 11.6 Å². The highest BCUT2D eigenvalue weighted by Crippen LogP contribution is 2.24. The van der Waals surface area contributed by atoms with Crippen LogP contribution in [0.25, 0.3) is 22.2 Å². The van der Waals surface area contributed by atoms with Crippen molar-refractivity contribution in [1.82, 2.24) is 15.0 Å². The van der Waals surface area contributed by atoms with E-state index >= 15 is 0 Å². The SMILES string of the molecule is Cc1ncc2oc3ncccc3c2n1. The molecule has 0 saturated heterocycles. The Labute approximate surface area is 79.6 Å². The average molecular weight is 185 g/mol. The Morgan fingerprint density at radius 3 is 3.14 bits per heavy atom. The number of furan rings is 1. The third kappa shape index (κ3) is 0.907. The fourth-order valence-corrected chi connectivity index (χ4v) is 1.48. The molecule has 0 aliphatic rings. The largest absolute Gasteiger partial charge is 0.434 e. The smallest absolute Gasteiger partial charge is 0.229 e. The predicted octanol–water partition coefficient (Wildman–Crippen LogP) is 2.08. The monoisotopic (exact) mass is 185 g/mol. The number of nitrogens with zero attached hydrogens (tertiary/aromatic N) is 3. The standard InChI is InChI=1S/C10H7N3O/c1-6-12-5-8-9(13-6)7-3-2-4-11-10(7)14-8/h2-5H,1H3. The Bertz CT molecular complexity index is 615. The molecule has 3 heterocycles. The van der Waals surface area contributed by atoms with E-state index in [0.717, 1.165) is 16.7 Å². The lowest BCUT2D eigenvalue weighted by Crippen LogP contribution is -1.84. The van der Waals surface area contributed by atoms with Crippen molar-refractivity contribution in [3.8, 4) is 0 Å². The van der Waals surface area contributed by atoms with Gasteiger partial charge in [0.15, 0.2) is 5.58 Å². The van der Waals surface area contributed by atoms with Crippen molar-refractivity contribution >= 4 is 22.2 Å². The zero-order valence-corrected chi connectivity index (χ0v) is 7.56. The first kappa shape index (κ1) is 7.44. The second kappa shape index (κ2) is 2.51. The van der Waals surface area contributed by atoms with Gasteiger partial charge >= 0.3 is 0 Å². The van der Waals surface area contributed by atoms with Crippen molar-refractivity contribution in [2.75, 3.05) is 0 Å².